The molecule has 138 valence electrons. The third-order valence-corrected chi connectivity index (χ3v) is 5.02. The standard InChI is InChI=1S/C21H20ClN3O2/c22-17-12-23-21(24-13-17)27-18-8-4-10-25(14-18)20(26)11-16-7-3-6-15-5-1-2-9-19(15)16/h1-3,5-7,9,12-13,18H,4,8,10-11,14H2. The summed E-state index contributed by atoms with van der Waals surface area (Å²) in [6, 6.07) is 14.6. The predicted molar refractivity (Wildman–Crippen MR) is 105 cm³/mol. The first-order valence-corrected chi connectivity index (χ1v) is 9.45. The van der Waals surface area contributed by atoms with Gasteiger partial charge in [-0.15, -0.1) is 0 Å². The Hall–Kier alpha value is -2.66. The minimum absolute atomic E-state index is 0.101. The molecule has 4 rings (SSSR count). The molecule has 2 aromatic carbocycles. The third-order valence-electron chi connectivity index (χ3n) is 4.82. The van der Waals surface area contributed by atoms with Crippen molar-refractivity contribution in [3.8, 4) is 6.01 Å². The molecule has 3 aromatic rings. The van der Waals surface area contributed by atoms with E-state index in [1.54, 1.807) is 0 Å². The van der Waals surface area contributed by atoms with Gasteiger partial charge in [0.05, 0.1) is 30.4 Å². The van der Waals surface area contributed by atoms with Gasteiger partial charge in [0.1, 0.15) is 6.10 Å². The number of amides is 1. The summed E-state index contributed by atoms with van der Waals surface area (Å²) in [5.74, 6) is 0.122. The molecule has 2 heterocycles. The molecule has 0 spiro atoms. The first-order chi connectivity index (χ1) is 13.2. The van der Waals surface area contributed by atoms with Gasteiger partial charge >= 0.3 is 6.01 Å². The fraction of sp³-hybridized carbons (Fsp3) is 0.286. The van der Waals surface area contributed by atoms with Crippen molar-refractivity contribution in [1.82, 2.24) is 14.9 Å². The molecule has 1 aliphatic heterocycles. The highest BCUT2D eigenvalue weighted by Gasteiger charge is 2.25. The largest absolute Gasteiger partial charge is 0.458 e. The van der Waals surface area contributed by atoms with E-state index in [2.05, 4.69) is 28.2 Å². The number of rotatable bonds is 4. The number of nitrogens with zero attached hydrogens (tertiary/aromatic N) is 3. The molecule has 5 nitrogen and oxygen atoms in total. The van der Waals surface area contributed by atoms with Gasteiger partial charge in [0.2, 0.25) is 5.91 Å². The summed E-state index contributed by atoms with van der Waals surface area (Å²) in [6.07, 6.45) is 5.10. The zero-order valence-corrected chi connectivity index (χ0v) is 15.6. The van der Waals surface area contributed by atoms with Gasteiger partial charge in [-0.2, -0.15) is 0 Å². The van der Waals surface area contributed by atoms with E-state index in [-0.39, 0.29) is 12.0 Å². The minimum atomic E-state index is -0.101. The number of piperidine rings is 1. The summed E-state index contributed by atoms with van der Waals surface area (Å²) < 4.78 is 5.84. The van der Waals surface area contributed by atoms with E-state index < -0.39 is 0 Å². The van der Waals surface area contributed by atoms with E-state index in [9.17, 15) is 4.79 Å². The Kier molecular flexibility index (Phi) is 5.21. The lowest BCUT2D eigenvalue weighted by atomic mass is 10.0. The molecule has 0 aliphatic carbocycles. The quantitative estimate of drug-likeness (QED) is 0.687. The van der Waals surface area contributed by atoms with Gasteiger partial charge in [-0.05, 0) is 29.2 Å². The molecule has 1 unspecified atom stereocenters. The summed E-state index contributed by atoms with van der Waals surface area (Å²) in [5.41, 5.74) is 1.06. The van der Waals surface area contributed by atoms with Crippen LogP contribution in [0.1, 0.15) is 18.4 Å². The predicted octanol–water partition coefficient (Wildman–Crippen LogP) is 3.90. The number of likely N-dealkylation sites (tertiary alicyclic amines) is 1. The van der Waals surface area contributed by atoms with E-state index in [0.29, 0.717) is 24.0 Å². The monoisotopic (exact) mass is 381 g/mol. The van der Waals surface area contributed by atoms with Crippen molar-refractivity contribution in [3.05, 3.63) is 65.4 Å². The van der Waals surface area contributed by atoms with Crippen LogP contribution >= 0.6 is 11.6 Å². The Balaban J connectivity index is 1.43. The highest BCUT2D eigenvalue weighted by atomic mass is 35.5. The second kappa shape index (κ2) is 7.92. The normalized spacial score (nSPS) is 17.1. The van der Waals surface area contributed by atoms with E-state index in [0.717, 1.165) is 35.7 Å². The van der Waals surface area contributed by atoms with Crippen molar-refractivity contribution < 1.29 is 9.53 Å². The topological polar surface area (TPSA) is 55.3 Å². The van der Waals surface area contributed by atoms with Crippen LogP contribution in [-0.4, -0.2) is 40.0 Å². The van der Waals surface area contributed by atoms with Crippen molar-refractivity contribution in [2.45, 2.75) is 25.4 Å². The number of carbonyl (C=O) groups is 1. The first kappa shape index (κ1) is 17.7. The average molecular weight is 382 g/mol. The molecular weight excluding hydrogens is 362 g/mol. The SMILES string of the molecule is O=C(Cc1cccc2ccccc12)N1CCCC(Oc2ncc(Cl)cn2)C1. The lowest BCUT2D eigenvalue weighted by molar-refractivity contribution is -0.133. The van der Waals surface area contributed by atoms with Gasteiger partial charge in [0.15, 0.2) is 0 Å². The van der Waals surface area contributed by atoms with Crippen LogP contribution < -0.4 is 4.74 Å². The van der Waals surface area contributed by atoms with Gasteiger partial charge in [-0.3, -0.25) is 4.79 Å². The van der Waals surface area contributed by atoms with Crippen LogP contribution in [0.25, 0.3) is 10.8 Å². The molecule has 0 bridgehead atoms. The van der Waals surface area contributed by atoms with Crippen LogP contribution in [0.15, 0.2) is 54.9 Å². The zero-order chi connectivity index (χ0) is 18.6. The lowest BCUT2D eigenvalue weighted by Crippen LogP contribution is -2.45. The molecule has 1 atom stereocenters. The molecule has 6 heteroatoms. The third kappa shape index (κ3) is 4.19. The number of ether oxygens (including phenoxy) is 1. The van der Waals surface area contributed by atoms with Crippen LogP contribution in [0.3, 0.4) is 0 Å². The van der Waals surface area contributed by atoms with Crippen LogP contribution in [0.2, 0.25) is 5.02 Å². The van der Waals surface area contributed by atoms with Crippen molar-refractivity contribution >= 4 is 28.3 Å². The molecule has 0 saturated carbocycles. The Morgan fingerprint density at radius 3 is 2.78 bits per heavy atom. The van der Waals surface area contributed by atoms with Crippen LogP contribution in [0, 0.1) is 0 Å². The van der Waals surface area contributed by atoms with Crippen molar-refractivity contribution in [2.75, 3.05) is 13.1 Å². The number of halogens is 1. The second-order valence-electron chi connectivity index (χ2n) is 6.72. The van der Waals surface area contributed by atoms with Crippen LogP contribution in [0.5, 0.6) is 6.01 Å². The molecule has 1 saturated heterocycles. The summed E-state index contributed by atoms with van der Waals surface area (Å²) in [4.78, 5) is 22.9. The van der Waals surface area contributed by atoms with Crippen LogP contribution in [-0.2, 0) is 11.2 Å². The fourth-order valence-corrected chi connectivity index (χ4v) is 3.59. The highest BCUT2D eigenvalue weighted by molar-refractivity contribution is 6.30. The Morgan fingerprint density at radius 2 is 1.93 bits per heavy atom. The summed E-state index contributed by atoms with van der Waals surface area (Å²) in [5, 5.41) is 2.76. The number of hydrogen-bond donors (Lipinski definition) is 0. The maximum atomic E-state index is 12.9. The number of aromatic nitrogens is 2. The minimum Gasteiger partial charge on any atom is -0.458 e. The summed E-state index contributed by atoms with van der Waals surface area (Å²) >= 11 is 5.80. The average Bonchev–Trinajstić information content (AvgIpc) is 2.70. The fourth-order valence-electron chi connectivity index (χ4n) is 3.49. The molecule has 1 aromatic heterocycles. The van der Waals surface area contributed by atoms with Gasteiger partial charge in [-0.1, -0.05) is 54.1 Å². The van der Waals surface area contributed by atoms with Crippen LogP contribution in [0.4, 0.5) is 0 Å². The van der Waals surface area contributed by atoms with Crippen molar-refractivity contribution in [1.29, 1.82) is 0 Å². The molecule has 1 aliphatic rings. The zero-order valence-electron chi connectivity index (χ0n) is 14.8. The van der Waals surface area contributed by atoms with Crippen molar-refractivity contribution in [3.63, 3.8) is 0 Å². The highest BCUT2D eigenvalue weighted by Crippen LogP contribution is 2.21. The molecular formula is C21H20ClN3O2. The first-order valence-electron chi connectivity index (χ1n) is 9.07. The number of carbonyl (C=O) groups excluding carboxylic acids is 1. The maximum Gasteiger partial charge on any atom is 0.316 e. The summed E-state index contributed by atoms with van der Waals surface area (Å²) in [7, 11) is 0. The van der Waals surface area contributed by atoms with Gasteiger partial charge in [0.25, 0.3) is 0 Å². The molecule has 1 amide bonds. The van der Waals surface area contributed by atoms with E-state index in [1.807, 2.05) is 29.2 Å². The summed E-state index contributed by atoms with van der Waals surface area (Å²) in [6.45, 7) is 1.31. The second-order valence-corrected chi connectivity index (χ2v) is 7.16. The van der Waals surface area contributed by atoms with Gasteiger partial charge in [0, 0.05) is 6.54 Å². The smallest absolute Gasteiger partial charge is 0.316 e. The van der Waals surface area contributed by atoms with Gasteiger partial charge in [-0.25, -0.2) is 9.97 Å². The Bertz CT molecular complexity index is 940. The Labute approximate surface area is 162 Å². The van der Waals surface area contributed by atoms with Gasteiger partial charge < -0.3 is 9.64 Å². The van der Waals surface area contributed by atoms with E-state index >= 15 is 0 Å². The lowest BCUT2D eigenvalue weighted by Gasteiger charge is -2.32. The van der Waals surface area contributed by atoms with E-state index in [4.69, 9.17) is 16.3 Å². The molecule has 0 radical (unpaired) electrons. The number of hydrogen-bond acceptors (Lipinski definition) is 4. The molecule has 0 N–H and O–H groups in total. The molecule has 27 heavy (non-hydrogen) atoms. The molecule has 1 fully saturated rings. The van der Waals surface area contributed by atoms with Crippen molar-refractivity contribution in [2.24, 2.45) is 0 Å². The maximum absolute atomic E-state index is 12.9. The van der Waals surface area contributed by atoms with E-state index in [1.165, 1.54) is 12.4 Å². The Morgan fingerprint density at radius 1 is 1.15 bits per heavy atom. The number of benzene rings is 2. The number of fused-ring (bicyclic) bond motifs is 1.